The molecular formula is C22H21ClFN3O2. The summed E-state index contributed by atoms with van der Waals surface area (Å²) in [7, 11) is 0. The zero-order valence-electron chi connectivity index (χ0n) is 16.0. The van der Waals surface area contributed by atoms with Crippen LogP contribution in [0.2, 0.25) is 0 Å². The summed E-state index contributed by atoms with van der Waals surface area (Å²) in [4.78, 5) is 23.9. The number of Topliss-reactive ketones (excluding diaryl/α,β-unsaturated/α-hetero) is 1. The predicted octanol–water partition coefficient (Wildman–Crippen LogP) is 0.373. The summed E-state index contributed by atoms with van der Waals surface area (Å²) in [5, 5.41) is 2.87. The minimum atomic E-state index is -0.264. The highest BCUT2D eigenvalue weighted by molar-refractivity contribution is 5.95. The normalized spacial score (nSPS) is 12.2. The Hall–Kier alpha value is -2.99. The van der Waals surface area contributed by atoms with E-state index in [-0.39, 0.29) is 36.5 Å². The third-order valence-electron chi connectivity index (χ3n) is 5.02. The van der Waals surface area contributed by atoms with Crippen LogP contribution in [-0.4, -0.2) is 16.3 Å². The quantitative estimate of drug-likeness (QED) is 0.485. The molecule has 3 aromatic rings. The third-order valence-corrected chi connectivity index (χ3v) is 5.02. The zero-order chi connectivity index (χ0) is 19.7. The fourth-order valence-corrected chi connectivity index (χ4v) is 3.64. The summed E-state index contributed by atoms with van der Waals surface area (Å²) in [5.41, 5.74) is 3.20. The van der Waals surface area contributed by atoms with Gasteiger partial charge in [0.25, 0.3) is 11.7 Å². The topological polar surface area (TPSA) is 55.0 Å². The molecular weight excluding hydrogens is 393 g/mol. The number of hydrogen-bond donors (Lipinski definition) is 1. The van der Waals surface area contributed by atoms with Crippen molar-refractivity contribution < 1.29 is 31.0 Å². The maximum absolute atomic E-state index is 13.2. The first-order valence-corrected chi connectivity index (χ1v) is 9.30. The van der Waals surface area contributed by atoms with Gasteiger partial charge in [-0.15, -0.1) is 0 Å². The number of fused-ring (bicyclic) bond motifs is 1. The van der Waals surface area contributed by atoms with Crippen LogP contribution in [0, 0.1) is 5.82 Å². The first-order valence-electron chi connectivity index (χ1n) is 9.30. The molecule has 1 amide bonds. The molecule has 0 aliphatic carbocycles. The Balaban J connectivity index is 0.00000240. The summed E-state index contributed by atoms with van der Waals surface area (Å²) in [6.07, 6.45) is 3.89. The standard InChI is InChI=1S/C22H20FN3O2.ClH/c1-15(27)16-6-10-19(11-7-16)24-21(28)14-25-13-20(26-12-2-3-22(25)26)17-4-8-18(23)9-5-17;/h4-11,13H,2-3,12,14H2,1H3;1H. The minimum absolute atomic E-state index is 0. The van der Waals surface area contributed by atoms with Gasteiger partial charge in [0.15, 0.2) is 18.0 Å². The lowest BCUT2D eigenvalue weighted by Crippen LogP contribution is -3.00. The molecule has 2 aromatic carbocycles. The van der Waals surface area contributed by atoms with Crippen molar-refractivity contribution in [1.29, 1.82) is 0 Å². The molecule has 0 atom stereocenters. The average Bonchev–Trinajstić information content (AvgIpc) is 3.27. The van der Waals surface area contributed by atoms with Gasteiger partial charge in [-0.3, -0.25) is 9.59 Å². The van der Waals surface area contributed by atoms with Crippen molar-refractivity contribution in [3.8, 4) is 11.3 Å². The van der Waals surface area contributed by atoms with Crippen LogP contribution in [0.1, 0.15) is 29.5 Å². The van der Waals surface area contributed by atoms with Gasteiger partial charge in [0.2, 0.25) is 0 Å². The number of carbonyl (C=O) groups is 2. The maximum Gasteiger partial charge on any atom is 0.266 e. The predicted molar refractivity (Wildman–Crippen MR) is 103 cm³/mol. The maximum atomic E-state index is 13.2. The van der Waals surface area contributed by atoms with Crippen LogP contribution in [0.5, 0.6) is 0 Å². The Bertz CT molecular complexity index is 1040. The number of rotatable bonds is 5. The van der Waals surface area contributed by atoms with Gasteiger partial charge in [-0.25, -0.2) is 13.5 Å². The SMILES string of the molecule is CC(=O)c1ccc(NC(=O)C[n+]2cc(-c3ccc(F)cc3)n3c2CCC3)cc1.[Cl-]. The molecule has 0 bridgehead atoms. The monoisotopic (exact) mass is 413 g/mol. The van der Waals surface area contributed by atoms with Crippen molar-refractivity contribution in [2.24, 2.45) is 0 Å². The van der Waals surface area contributed by atoms with Crippen molar-refractivity contribution >= 4 is 17.4 Å². The van der Waals surface area contributed by atoms with Crippen LogP contribution in [-0.2, 0) is 24.3 Å². The molecule has 5 nitrogen and oxygen atoms in total. The van der Waals surface area contributed by atoms with Gasteiger partial charge >= 0.3 is 0 Å². The van der Waals surface area contributed by atoms with Crippen molar-refractivity contribution in [2.75, 3.05) is 5.32 Å². The minimum Gasteiger partial charge on any atom is -1.00 e. The molecule has 0 fully saturated rings. The van der Waals surface area contributed by atoms with Crippen LogP contribution < -0.4 is 22.3 Å². The van der Waals surface area contributed by atoms with Crippen LogP contribution in [0.25, 0.3) is 11.3 Å². The molecule has 1 aromatic heterocycles. The number of nitrogens with zero attached hydrogens (tertiary/aromatic N) is 2. The molecule has 1 aliphatic rings. The Morgan fingerprint density at radius 2 is 1.79 bits per heavy atom. The van der Waals surface area contributed by atoms with E-state index in [2.05, 4.69) is 9.88 Å². The van der Waals surface area contributed by atoms with Crippen LogP contribution >= 0.6 is 0 Å². The number of carbonyl (C=O) groups excluding carboxylic acids is 2. The fourth-order valence-electron chi connectivity index (χ4n) is 3.64. The van der Waals surface area contributed by atoms with Crippen molar-refractivity contribution in [2.45, 2.75) is 32.9 Å². The third kappa shape index (κ3) is 4.38. The lowest BCUT2D eigenvalue weighted by molar-refractivity contribution is -0.690. The van der Waals surface area contributed by atoms with Crippen molar-refractivity contribution in [3.05, 3.63) is 71.9 Å². The molecule has 150 valence electrons. The van der Waals surface area contributed by atoms with Crippen LogP contribution in [0.4, 0.5) is 10.1 Å². The van der Waals surface area contributed by atoms with E-state index in [1.165, 1.54) is 19.1 Å². The van der Waals surface area contributed by atoms with Crippen LogP contribution in [0.3, 0.4) is 0 Å². The molecule has 7 heteroatoms. The van der Waals surface area contributed by atoms with Gasteiger partial charge < -0.3 is 17.7 Å². The number of halogens is 2. The molecule has 0 radical (unpaired) electrons. The first kappa shape index (κ1) is 20.7. The zero-order valence-corrected chi connectivity index (χ0v) is 16.7. The number of nitrogens with one attached hydrogen (secondary N) is 1. The van der Waals surface area contributed by atoms with E-state index in [0.29, 0.717) is 11.3 Å². The van der Waals surface area contributed by atoms with Gasteiger partial charge in [-0.1, -0.05) is 0 Å². The largest absolute Gasteiger partial charge is 1.00 e. The molecule has 4 rings (SSSR count). The van der Waals surface area contributed by atoms with Crippen LogP contribution in [0.15, 0.2) is 54.7 Å². The number of anilines is 1. The van der Waals surface area contributed by atoms with E-state index in [1.54, 1.807) is 36.4 Å². The lowest BCUT2D eigenvalue weighted by atomic mass is 10.1. The van der Waals surface area contributed by atoms with Gasteiger partial charge in [0.1, 0.15) is 12.0 Å². The van der Waals surface area contributed by atoms with E-state index in [4.69, 9.17) is 0 Å². The number of amides is 1. The van der Waals surface area contributed by atoms with Gasteiger partial charge in [0, 0.05) is 16.8 Å². The summed E-state index contributed by atoms with van der Waals surface area (Å²) < 4.78 is 17.4. The Kier molecular flexibility index (Phi) is 6.13. The molecule has 29 heavy (non-hydrogen) atoms. The highest BCUT2D eigenvalue weighted by atomic mass is 35.5. The second-order valence-corrected chi connectivity index (χ2v) is 7.00. The molecule has 1 aliphatic heterocycles. The molecule has 0 saturated carbocycles. The van der Waals surface area contributed by atoms with E-state index in [9.17, 15) is 14.0 Å². The number of hydrogen-bond acceptors (Lipinski definition) is 2. The summed E-state index contributed by atoms with van der Waals surface area (Å²) >= 11 is 0. The summed E-state index contributed by atoms with van der Waals surface area (Å²) in [6, 6.07) is 13.3. The Morgan fingerprint density at radius 3 is 2.45 bits per heavy atom. The second-order valence-electron chi connectivity index (χ2n) is 7.00. The second kappa shape index (κ2) is 8.57. The van der Waals surface area contributed by atoms with Gasteiger partial charge in [-0.2, -0.15) is 0 Å². The number of imidazole rings is 1. The lowest BCUT2D eigenvalue weighted by Gasteiger charge is -2.05. The molecule has 0 spiro atoms. The van der Waals surface area contributed by atoms with E-state index in [1.807, 2.05) is 10.8 Å². The molecule has 2 heterocycles. The van der Waals surface area contributed by atoms with Gasteiger partial charge in [-0.05, 0) is 61.9 Å². The first-order chi connectivity index (χ1) is 13.5. The smallest absolute Gasteiger partial charge is 0.266 e. The molecule has 1 N–H and O–H groups in total. The molecule has 0 unspecified atom stereocenters. The highest BCUT2D eigenvalue weighted by Crippen LogP contribution is 2.25. The molecule has 0 saturated heterocycles. The number of aromatic nitrogens is 2. The highest BCUT2D eigenvalue weighted by Gasteiger charge is 2.29. The van der Waals surface area contributed by atoms with Crippen molar-refractivity contribution in [3.63, 3.8) is 0 Å². The Labute approximate surface area is 174 Å². The van der Waals surface area contributed by atoms with E-state index >= 15 is 0 Å². The van der Waals surface area contributed by atoms with Gasteiger partial charge in [0.05, 0.1) is 13.0 Å². The number of ketones is 1. The average molecular weight is 414 g/mol. The van der Waals surface area contributed by atoms with Crippen molar-refractivity contribution in [1.82, 2.24) is 4.57 Å². The fraction of sp³-hybridized carbons (Fsp3) is 0.227. The Morgan fingerprint density at radius 1 is 1.10 bits per heavy atom. The number of benzene rings is 2. The van der Waals surface area contributed by atoms with E-state index in [0.717, 1.165) is 36.5 Å². The van der Waals surface area contributed by atoms with E-state index < -0.39 is 0 Å². The summed E-state index contributed by atoms with van der Waals surface area (Å²) in [6.45, 7) is 2.60. The summed E-state index contributed by atoms with van der Waals surface area (Å²) in [5.74, 6) is 0.694.